The normalized spacial score (nSPS) is 17.0. The molecule has 31 heavy (non-hydrogen) atoms. The molecule has 1 fully saturated rings. The van der Waals surface area contributed by atoms with Crippen LogP contribution in [0.2, 0.25) is 0 Å². The molecule has 2 aromatic carbocycles. The Hall–Kier alpha value is -2.58. The average Bonchev–Trinajstić information content (AvgIpc) is 3.22. The number of sulfonamides is 1. The number of likely N-dealkylation sites (tertiary alicyclic amines) is 1. The van der Waals surface area contributed by atoms with Crippen molar-refractivity contribution >= 4 is 21.6 Å². The molecule has 1 aliphatic heterocycles. The molecule has 1 saturated heterocycles. The van der Waals surface area contributed by atoms with Crippen LogP contribution in [0, 0.1) is 12.8 Å². The first kappa shape index (κ1) is 23.1. The van der Waals surface area contributed by atoms with Gasteiger partial charge in [0, 0.05) is 30.4 Å². The molecule has 0 bridgehead atoms. The van der Waals surface area contributed by atoms with E-state index in [-0.39, 0.29) is 10.8 Å². The van der Waals surface area contributed by atoms with Crippen LogP contribution in [0.15, 0.2) is 47.4 Å². The van der Waals surface area contributed by atoms with Crippen LogP contribution < -0.4 is 14.8 Å². The monoisotopic (exact) mass is 445 g/mol. The van der Waals surface area contributed by atoms with Gasteiger partial charge in [0.2, 0.25) is 0 Å². The Kier molecular flexibility index (Phi) is 7.23. The van der Waals surface area contributed by atoms with E-state index < -0.39 is 10.0 Å². The zero-order chi connectivity index (χ0) is 22.6. The number of benzene rings is 2. The van der Waals surface area contributed by atoms with Gasteiger partial charge in [-0.2, -0.15) is 0 Å². The maximum Gasteiger partial charge on any atom is 0.261 e. The Morgan fingerprint density at radius 3 is 2.52 bits per heavy atom. The molecule has 2 aromatic rings. The van der Waals surface area contributed by atoms with Crippen LogP contribution in [-0.2, 0) is 10.0 Å². The van der Waals surface area contributed by atoms with Crippen LogP contribution in [0.25, 0.3) is 0 Å². The standard InChI is InChI=1S/C23H31N3O4S/c1-16(2)26-12-11-18(15-26)14-24-23(27)22-13-21(10-5-17(22)3)31(28,29)25-19-6-8-20(30-4)9-7-19/h5-10,13,16,18,25H,11-12,14-15H2,1-4H3,(H,24,27). The van der Waals surface area contributed by atoms with E-state index in [4.69, 9.17) is 4.74 Å². The molecule has 8 heteroatoms. The minimum Gasteiger partial charge on any atom is -0.497 e. The Labute approximate surface area is 184 Å². The molecule has 0 spiro atoms. The van der Waals surface area contributed by atoms with E-state index in [0.29, 0.717) is 35.5 Å². The highest BCUT2D eigenvalue weighted by Gasteiger charge is 2.25. The van der Waals surface area contributed by atoms with Crippen molar-refractivity contribution in [3.63, 3.8) is 0 Å². The second-order valence-electron chi connectivity index (χ2n) is 8.26. The lowest BCUT2D eigenvalue weighted by Crippen LogP contribution is -2.33. The summed E-state index contributed by atoms with van der Waals surface area (Å²) in [6.45, 7) is 8.76. The number of amides is 1. The number of aryl methyl sites for hydroxylation is 1. The number of ether oxygens (including phenoxy) is 1. The molecule has 0 radical (unpaired) electrons. The smallest absolute Gasteiger partial charge is 0.261 e. The summed E-state index contributed by atoms with van der Waals surface area (Å²) in [6.07, 6.45) is 1.05. The molecule has 0 aromatic heterocycles. The van der Waals surface area contributed by atoms with Gasteiger partial charge in [-0.1, -0.05) is 6.07 Å². The van der Waals surface area contributed by atoms with E-state index in [1.54, 1.807) is 44.4 Å². The number of anilines is 1. The maximum absolute atomic E-state index is 12.8. The van der Waals surface area contributed by atoms with Gasteiger partial charge in [0.25, 0.3) is 15.9 Å². The van der Waals surface area contributed by atoms with E-state index in [0.717, 1.165) is 25.1 Å². The summed E-state index contributed by atoms with van der Waals surface area (Å²) in [5.41, 5.74) is 1.52. The van der Waals surface area contributed by atoms with Crippen molar-refractivity contribution in [2.24, 2.45) is 5.92 Å². The van der Waals surface area contributed by atoms with E-state index in [9.17, 15) is 13.2 Å². The Balaban J connectivity index is 1.69. The van der Waals surface area contributed by atoms with Crippen molar-refractivity contribution in [1.29, 1.82) is 0 Å². The molecule has 1 atom stereocenters. The van der Waals surface area contributed by atoms with Crippen molar-refractivity contribution < 1.29 is 17.9 Å². The molecule has 3 rings (SSSR count). The number of rotatable bonds is 8. The van der Waals surface area contributed by atoms with Gasteiger partial charge < -0.3 is 15.0 Å². The van der Waals surface area contributed by atoms with Crippen LogP contribution in [0.3, 0.4) is 0 Å². The quantitative estimate of drug-likeness (QED) is 0.651. The Bertz CT molecular complexity index is 1020. The second kappa shape index (κ2) is 9.70. The van der Waals surface area contributed by atoms with Gasteiger partial charge in [0.15, 0.2) is 0 Å². The molecule has 2 N–H and O–H groups in total. The van der Waals surface area contributed by atoms with Crippen LogP contribution in [0.5, 0.6) is 5.75 Å². The molecular weight excluding hydrogens is 414 g/mol. The first-order valence-electron chi connectivity index (χ1n) is 10.5. The molecule has 1 heterocycles. The number of hydrogen-bond acceptors (Lipinski definition) is 5. The van der Waals surface area contributed by atoms with Crippen molar-refractivity contribution in [3.05, 3.63) is 53.6 Å². The van der Waals surface area contributed by atoms with Gasteiger partial charge >= 0.3 is 0 Å². The van der Waals surface area contributed by atoms with Crippen LogP contribution in [0.1, 0.15) is 36.2 Å². The first-order valence-corrected chi connectivity index (χ1v) is 12.0. The number of carbonyl (C=O) groups excluding carboxylic acids is 1. The van der Waals surface area contributed by atoms with Crippen LogP contribution in [0.4, 0.5) is 5.69 Å². The van der Waals surface area contributed by atoms with Crippen molar-refractivity contribution in [3.8, 4) is 5.75 Å². The molecule has 7 nitrogen and oxygen atoms in total. The van der Waals surface area contributed by atoms with E-state index in [1.807, 2.05) is 0 Å². The summed E-state index contributed by atoms with van der Waals surface area (Å²) in [6, 6.07) is 11.7. The third-order valence-corrected chi connectivity index (χ3v) is 7.08. The highest BCUT2D eigenvalue weighted by Crippen LogP contribution is 2.22. The lowest BCUT2D eigenvalue weighted by atomic mass is 10.1. The van der Waals surface area contributed by atoms with Crippen molar-refractivity contribution in [1.82, 2.24) is 10.2 Å². The van der Waals surface area contributed by atoms with Gasteiger partial charge in [0.05, 0.1) is 12.0 Å². The summed E-state index contributed by atoms with van der Waals surface area (Å²) in [4.78, 5) is 15.2. The molecule has 1 unspecified atom stereocenters. The highest BCUT2D eigenvalue weighted by atomic mass is 32.2. The van der Waals surface area contributed by atoms with Gasteiger partial charge in [0.1, 0.15) is 5.75 Å². The lowest BCUT2D eigenvalue weighted by molar-refractivity contribution is 0.0946. The Morgan fingerprint density at radius 2 is 1.90 bits per heavy atom. The second-order valence-corrected chi connectivity index (χ2v) is 9.95. The van der Waals surface area contributed by atoms with Crippen LogP contribution in [-0.4, -0.2) is 52.0 Å². The summed E-state index contributed by atoms with van der Waals surface area (Å²) < 4.78 is 33.3. The number of methoxy groups -OCH3 is 1. The largest absolute Gasteiger partial charge is 0.497 e. The summed E-state index contributed by atoms with van der Waals surface area (Å²) in [5, 5.41) is 2.99. The van der Waals surface area contributed by atoms with Gasteiger partial charge in [-0.3, -0.25) is 9.52 Å². The average molecular weight is 446 g/mol. The van der Waals surface area contributed by atoms with Crippen molar-refractivity contribution in [2.75, 3.05) is 31.5 Å². The highest BCUT2D eigenvalue weighted by molar-refractivity contribution is 7.92. The SMILES string of the molecule is COc1ccc(NS(=O)(=O)c2ccc(C)c(C(=O)NCC3CCN(C(C)C)C3)c2)cc1. The zero-order valence-corrected chi connectivity index (χ0v) is 19.3. The van der Waals surface area contributed by atoms with Gasteiger partial charge in [-0.05, 0) is 81.6 Å². The number of carbonyl (C=O) groups is 1. The van der Waals surface area contributed by atoms with Gasteiger partial charge in [-0.25, -0.2) is 8.42 Å². The van der Waals surface area contributed by atoms with E-state index >= 15 is 0 Å². The molecule has 168 valence electrons. The third kappa shape index (κ3) is 5.77. The van der Waals surface area contributed by atoms with E-state index in [1.165, 1.54) is 12.1 Å². The molecule has 0 aliphatic carbocycles. The summed E-state index contributed by atoms with van der Waals surface area (Å²) in [5.74, 6) is 0.799. The minimum atomic E-state index is -3.83. The van der Waals surface area contributed by atoms with Crippen LogP contribution >= 0.6 is 0 Å². The Morgan fingerprint density at radius 1 is 1.19 bits per heavy atom. The van der Waals surface area contributed by atoms with E-state index in [2.05, 4.69) is 28.8 Å². The maximum atomic E-state index is 12.8. The molecule has 0 saturated carbocycles. The predicted molar refractivity (Wildman–Crippen MR) is 122 cm³/mol. The zero-order valence-electron chi connectivity index (χ0n) is 18.5. The lowest BCUT2D eigenvalue weighted by Gasteiger charge is -2.20. The number of nitrogens with one attached hydrogen (secondary N) is 2. The fourth-order valence-electron chi connectivity index (χ4n) is 3.72. The molecule has 1 amide bonds. The predicted octanol–water partition coefficient (Wildman–Crippen LogP) is 3.26. The molecular formula is C23H31N3O4S. The first-order chi connectivity index (χ1) is 14.7. The minimum absolute atomic E-state index is 0.0471. The number of hydrogen-bond donors (Lipinski definition) is 2. The fourth-order valence-corrected chi connectivity index (χ4v) is 4.80. The van der Waals surface area contributed by atoms with Gasteiger partial charge in [-0.15, -0.1) is 0 Å². The summed E-state index contributed by atoms with van der Waals surface area (Å²) in [7, 11) is -2.28. The number of nitrogens with zero attached hydrogens (tertiary/aromatic N) is 1. The third-order valence-electron chi connectivity index (χ3n) is 5.71. The molecule has 1 aliphatic rings. The van der Waals surface area contributed by atoms with Crippen molar-refractivity contribution in [2.45, 2.75) is 38.1 Å². The topological polar surface area (TPSA) is 87.7 Å². The fraction of sp³-hybridized carbons (Fsp3) is 0.435. The summed E-state index contributed by atoms with van der Waals surface area (Å²) >= 11 is 0.